The lowest BCUT2D eigenvalue weighted by molar-refractivity contribution is -0.136. The summed E-state index contributed by atoms with van der Waals surface area (Å²) >= 11 is 0. The van der Waals surface area contributed by atoms with Gasteiger partial charge in [-0.2, -0.15) is 0 Å². The van der Waals surface area contributed by atoms with Crippen LogP contribution in [0.15, 0.2) is 54.9 Å². The zero-order chi connectivity index (χ0) is 21.6. The molecule has 8 heteroatoms. The van der Waals surface area contributed by atoms with Gasteiger partial charge in [0.15, 0.2) is 0 Å². The molecular weight excluding hydrogens is 397 g/mol. The van der Waals surface area contributed by atoms with Gasteiger partial charge in [0.05, 0.1) is 5.69 Å². The number of piperidine rings is 1. The van der Waals surface area contributed by atoms with Crippen LogP contribution in [0.1, 0.15) is 24.6 Å². The predicted molar refractivity (Wildman–Crippen MR) is 115 cm³/mol. The number of nitrogens with zero attached hydrogens (tertiary/aromatic N) is 4. The van der Waals surface area contributed by atoms with Crippen LogP contribution in [0.2, 0.25) is 0 Å². The van der Waals surface area contributed by atoms with E-state index in [4.69, 9.17) is 14.7 Å². The second kappa shape index (κ2) is 9.61. The molecule has 1 atom stereocenters. The Labute approximate surface area is 180 Å². The largest absolute Gasteiger partial charge is 0.375 e. The molecule has 1 fully saturated rings. The molecule has 1 aromatic carbocycles. The average Bonchev–Trinajstić information content (AvgIpc) is 2.80. The Bertz CT molecular complexity index is 1050. The quantitative estimate of drug-likeness (QED) is 0.653. The first kappa shape index (κ1) is 20.9. The van der Waals surface area contributed by atoms with Gasteiger partial charge in [-0.3, -0.25) is 9.78 Å². The van der Waals surface area contributed by atoms with E-state index in [1.54, 1.807) is 29.4 Å². The fourth-order valence-corrected chi connectivity index (χ4v) is 3.73. The summed E-state index contributed by atoms with van der Waals surface area (Å²) in [6.45, 7) is 1.32. The van der Waals surface area contributed by atoms with Gasteiger partial charge < -0.3 is 15.0 Å². The lowest BCUT2D eigenvalue weighted by atomic mass is 9.96. The Balaban J connectivity index is 1.67. The number of rotatable bonds is 6. The molecule has 7 nitrogen and oxygen atoms in total. The minimum Gasteiger partial charge on any atom is -0.375 e. The summed E-state index contributed by atoms with van der Waals surface area (Å²) in [7, 11) is 1.52. The highest BCUT2D eigenvalue weighted by molar-refractivity contribution is 5.77. The number of ether oxygens (including phenoxy) is 1. The van der Waals surface area contributed by atoms with Crippen LogP contribution in [0.25, 0.3) is 11.3 Å². The Kier molecular flexibility index (Phi) is 6.47. The first-order valence-corrected chi connectivity index (χ1v) is 10.2. The van der Waals surface area contributed by atoms with E-state index in [0.717, 1.165) is 24.1 Å². The average molecular weight is 421 g/mol. The minimum atomic E-state index is -0.326. The number of hydrogen-bond acceptors (Lipinski definition) is 6. The molecular formula is C23H24FN5O2. The van der Waals surface area contributed by atoms with Crippen molar-refractivity contribution in [3.8, 4) is 11.3 Å². The van der Waals surface area contributed by atoms with Crippen LogP contribution in [-0.4, -0.2) is 52.6 Å². The van der Waals surface area contributed by atoms with Crippen molar-refractivity contribution in [2.75, 3.05) is 32.1 Å². The first-order valence-electron chi connectivity index (χ1n) is 10.2. The van der Waals surface area contributed by atoms with Gasteiger partial charge in [-0.05, 0) is 43.2 Å². The molecule has 4 rings (SSSR count). The topological polar surface area (TPSA) is 80.2 Å². The van der Waals surface area contributed by atoms with Gasteiger partial charge in [0.1, 0.15) is 24.1 Å². The number of carbonyl (C=O) groups excluding carboxylic acids is 1. The van der Waals surface area contributed by atoms with Crippen molar-refractivity contribution >= 4 is 17.4 Å². The van der Waals surface area contributed by atoms with Crippen LogP contribution in [0.3, 0.4) is 0 Å². The van der Waals surface area contributed by atoms with E-state index in [9.17, 15) is 9.18 Å². The summed E-state index contributed by atoms with van der Waals surface area (Å²) in [6, 6.07) is 11.8. The van der Waals surface area contributed by atoms with Crippen LogP contribution >= 0.6 is 0 Å². The number of hydrogen-bond donors (Lipinski definition) is 1. The summed E-state index contributed by atoms with van der Waals surface area (Å²) in [5.74, 6) is 0.874. The standard InChI is InChI=1S/C23H24FN5O2/c1-31-15-22(30)29-11-3-4-17(14-29)23-27-20(16-7-9-25-10-8-16)13-21(28-23)26-19-6-2-5-18(24)12-19/h2,5-10,12-13,17H,3-4,11,14-15H2,1H3,(H,26,27,28). The van der Waals surface area contributed by atoms with E-state index in [1.165, 1.54) is 19.2 Å². The number of aromatic nitrogens is 3. The molecule has 1 aliphatic rings. The molecule has 3 heterocycles. The van der Waals surface area contributed by atoms with Crippen molar-refractivity contribution in [3.05, 3.63) is 66.5 Å². The van der Waals surface area contributed by atoms with E-state index in [-0.39, 0.29) is 24.2 Å². The number of benzene rings is 1. The highest BCUT2D eigenvalue weighted by Gasteiger charge is 2.27. The van der Waals surface area contributed by atoms with E-state index in [0.29, 0.717) is 30.4 Å². The van der Waals surface area contributed by atoms with E-state index in [2.05, 4.69) is 10.3 Å². The lowest BCUT2D eigenvalue weighted by Crippen LogP contribution is -2.41. The predicted octanol–water partition coefficient (Wildman–Crippen LogP) is 3.77. The van der Waals surface area contributed by atoms with E-state index >= 15 is 0 Å². The maximum absolute atomic E-state index is 13.6. The van der Waals surface area contributed by atoms with Gasteiger partial charge in [-0.25, -0.2) is 14.4 Å². The minimum absolute atomic E-state index is 0.00408. The third-order valence-corrected chi connectivity index (χ3v) is 5.22. The van der Waals surface area contributed by atoms with Crippen LogP contribution in [-0.2, 0) is 9.53 Å². The van der Waals surface area contributed by atoms with Crippen LogP contribution in [0.4, 0.5) is 15.9 Å². The Morgan fingerprint density at radius 2 is 2.06 bits per heavy atom. The number of likely N-dealkylation sites (tertiary alicyclic amines) is 1. The molecule has 3 aromatic rings. The lowest BCUT2D eigenvalue weighted by Gasteiger charge is -2.32. The third-order valence-electron chi connectivity index (χ3n) is 5.22. The zero-order valence-corrected chi connectivity index (χ0v) is 17.3. The summed E-state index contributed by atoms with van der Waals surface area (Å²) in [5.41, 5.74) is 2.25. The van der Waals surface area contributed by atoms with Gasteiger partial charge in [0.2, 0.25) is 5.91 Å². The molecule has 2 aromatic heterocycles. The van der Waals surface area contributed by atoms with Crippen molar-refractivity contribution in [3.63, 3.8) is 0 Å². The summed E-state index contributed by atoms with van der Waals surface area (Å²) < 4.78 is 18.6. The molecule has 0 spiro atoms. The highest BCUT2D eigenvalue weighted by Crippen LogP contribution is 2.29. The molecule has 1 N–H and O–H groups in total. The Morgan fingerprint density at radius 3 is 2.84 bits per heavy atom. The molecule has 1 saturated heterocycles. The zero-order valence-electron chi connectivity index (χ0n) is 17.3. The summed E-state index contributed by atoms with van der Waals surface area (Å²) in [5, 5.41) is 3.18. The number of methoxy groups -OCH3 is 1. The summed E-state index contributed by atoms with van der Waals surface area (Å²) in [6.07, 6.45) is 5.18. The normalized spacial score (nSPS) is 16.2. The van der Waals surface area contributed by atoms with Crippen LogP contribution in [0.5, 0.6) is 0 Å². The second-order valence-corrected chi connectivity index (χ2v) is 7.48. The molecule has 0 radical (unpaired) electrons. The van der Waals surface area contributed by atoms with Gasteiger partial charge in [0.25, 0.3) is 0 Å². The molecule has 31 heavy (non-hydrogen) atoms. The summed E-state index contributed by atoms with van der Waals surface area (Å²) in [4.78, 5) is 27.7. The van der Waals surface area contributed by atoms with E-state index < -0.39 is 0 Å². The van der Waals surface area contributed by atoms with Crippen LogP contribution < -0.4 is 5.32 Å². The molecule has 1 unspecified atom stereocenters. The maximum atomic E-state index is 13.6. The Hall–Kier alpha value is -3.39. The number of carbonyl (C=O) groups is 1. The van der Waals surface area contributed by atoms with Gasteiger partial charge >= 0.3 is 0 Å². The first-order chi connectivity index (χ1) is 15.1. The number of amides is 1. The van der Waals surface area contributed by atoms with Gasteiger partial charge in [-0.1, -0.05) is 6.07 Å². The number of pyridine rings is 1. The second-order valence-electron chi connectivity index (χ2n) is 7.48. The number of halogens is 1. The molecule has 1 aliphatic heterocycles. The monoisotopic (exact) mass is 421 g/mol. The SMILES string of the molecule is COCC(=O)N1CCCC(c2nc(Nc3cccc(F)c3)cc(-c3ccncc3)n2)C1. The molecule has 0 bridgehead atoms. The fourth-order valence-electron chi connectivity index (χ4n) is 3.73. The third kappa shape index (κ3) is 5.21. The Morgan fingerprint density at radius 1 is 1.23 bits per heavy atom. The maximum Gasteiger partial charge on any atom is 0.248 e. The fraction of sp³-hybridized carbons (Fsp3) is 0.304. The van der Waals surface area contributed by atoms with Crippen molar-refractivity contribution < 1.29 is 13.9 Å². The smallest absolute Gasteiger partial charge is 0.248 e. The molecule has 160 valence electrons. The van der Waals surface area contributed by atoms with E-state index in [1.807, 2.05) is 18.2 Å². The van der Waals surface area contributed by atoms with Gasteiger partial charge in [-0.15, -0.1) is 0 Å². The van der Waals surface area contributed by atoms with Gasteiger partial charge in [0, 0.05) is 55.8 Å². The van der Waals surface area contributed by atoms with Crippen molar-refractivity contribution in [2.45, 2.75) is 18.8 Å². The molecule has 0 aliphatic carbocycles. The van der Waals surface area contributed by atoms with Crippen molar-refractivity contribution in [1.82, 2.24) is 19.9 Å². The van der Waals surface area contributed by atoms with Crippen LogP contribution in [0, 0.1) is 5.82 Å². The molecule has 0 saturated carbocycles. The molecule has 1 amide bonds. The highest BCUT2D eigenvalue weighted by atomic mass is 19.1. The number of anilines is 2. The number of nitrogens with one attached hydrogen (secondary N) is 1. The van der Waals surface area contributed by atoms with Crippen molar-refractivity contribution in [1.29, 1.82) is 0 Å². The van der Waals surface area contributed by atoms with Crippen molar-refractivity contribution in [2.24, 2.45) is 0 Å².